The number of aromatic nitrogens is 2. The first-order chi connectivity index (χ1) is 27.6. The molecule has 266 valence electrons. The van der Waals surface area contributed by atoms with Crippen LogP contribution in [-0.2, 0) is 19.5 Å². The number of phenolic OH excluding ortho intramolecular Hbond substituents is 2. The zero-order valence-electron chi connectivity index (χ0n) is 30.5. The van der Waals surface area contributed by atoms with E-state index in [9.17, 15) is 10.2 Å². The number of aromatic hydroxyl groups is 2. The van der Waals surface area contributed by atoms with Gasteiger partial charge in [-0.1, -0.05) is 84.9 Å². The Morgan fingerprint density at radius 2 is 0.772 bits per heavy atom. The average Bonchev–Trinajstić information content (AvgIpc) is 3.79. The number of pyridine rings is 2. The van der Waals surface area contributed by atoms with Crippen LogP contribution < -0.4 is 0 Å². The summed E-state index contributed by atoms with van der Waals surface area (Å²) in [5.74, 6) is 0.334. The average molecular weight is 788 g/mol. The molecule has 0 radical (unpaired) electrons. The van der Waals surface area contributed by atoms with Gasteiger partial charge in [0, 0.05) is 53.4 Å². The van der Waals surface area contributed by atoms with Gasteiger partial charge >= 0.3 is 0 Å². The second kappa shape index (κ2) is 13.6. The van der Waals surface area contributed by atoms with Crippen molar-refractivity contribution in [1.82, 2.24) is 9.97 Å². The number of fused-ring (bicyclic) bond motifs is 12. The number of benzene rings is 8. The van der Waals surface area contributed by atoms with Crippen LogP contribution in [0.4, 0.5) is 0 Å². The molecule has 2 N–H and O–H groups in total. The van der Waals surface area contributed by atoms with Crippen LogP contribution in [0, 0.1) is 0 Å². The van der Waals surface area contributed by atoms with Crippen molar-refractivity contribution in [3.63, 3.8) is 0 Å². The molecular weight excluding hydrogens is 758 g/mol. The van der Waals surface area contributed by atoms with E-state index < -0.39 is 0 Å². The molecule has 7 heteroatoms. The first-order valence-electron chi connectivity index (χ1n) is 18.4. The molecule has 0 amide bonds. The third-order valence-electron chi connectivity index (χ3n) is 10.8. The smallest absolute Gasteiger partial charge is 0.148 e. The second-order valence-corrected chi connectivity index (χ2v) is 14.0. The minimum absolute atomic E-state index is 0. The first-order valence-corrected chi connectivity index (χ1v) is 18.4. The maximum Gasteiger partial charge on any atom is 0.148 e. The summed E-state index contributed by atoms with van der Waals surface area (Å²) in [6, 6.07) is 52.4. The Hall–Kier alpha value is -7.08. The molecule has 0 bridgehead atoms. The zero-order chi connectivity index (χ0) is 37.3. The SMILES string of the molecule is Oc1ccc2c(oc3cc4ccc5ccccc5c4cc32)c1-c1ccccn1.Oc1ccc2c(oc3cc4ccc5ccccc5c4cc32)c1-c1ccccn1.[Zn]. The maximum atomic E-state index is 10.5. The molecule has 12 rings (SSSR count). The molecule has 0 aliphatic carbocycles. The number of furan rings is 2. The van der Waals surface area contributed by atoms with Crippen molar-refractivity contribution in [2.45, 2.75) is 0 Å². The molecule has 0 saturated heterocycles. The van der Waals surface area contributed by atoms with Crippen LogP contribution in [0.25, 0.3) is 109 Å². The molecule has 8 aromatic carbocycles. The largest absolute Gasteiger partial charge is 0.507 e. The van der Waals surface area contributed by atoms with Gasteiger partial charge < -0.3 is 19.0 Å². The summed E-state index contributed by atoms with van der Waals surface area (Å²) >= 11 is 0. The molecule has 0 unspecified atom stereocenters. The maximum absolute atomic E-state index is 10.5. The minimum atomic E-state index is 0. The number of nitrogens with zero attached hydrogens (tertiary/aromatic N) is 2. The molecule has 4 aromatic heterocycles. The van der Waals surface area contributed by atoms with Crippen LogP contribution in [0.2, 0.25) is 0 Å². The zero-order valence-corrected chi connectivity index (χ0v) is 33.4. The van der Waals surface area contributed by atoms with E-state index >= 15 is 0 Å². The Kier molecular flexibility index (Phi) is 8.21. The van der Waals surface area contributed by atoms with Gasteiger partial charge in [0.05, 0.1) is 22.5 Å². The van der Waals surface area contributed by atoms with Gasteiger partial charge in [0.25, 0.3) is 0 Å². The van der Waals surface area contributed by atoms with Crippen LogP contribution in [0.15, 0.2) is 179 Å². The quantitative estimate of drug-likeness (QED) is 0.134. The molecule has 4 heterocycles. The van der Waals surface area contributed by atoms with Gasteiger partial charge in [0.15, 0.2) is 0 Å². The van der Waals surface area contributed by atoms with E-state index in [0.717, 1.165) is 43.5 Å². The van der Waals surface area contributed by atoms with Crippen LogP contribution in [0.3, 0.4) is 0 Å². The second-order valence-electron chi connectivity index (χ2n) is 14.0. The van der Waals surface area contributed by atoms with Gasteiger partial charge in [-0.25, -0.2) is 0 Å². The molecular formula is C50H30N2O4Zn. The van der Waals surface area contributed by atoms with E-state index in [1.54, 1.807) is 24.5 Å². The van der Waals surface area contributed by atoms with Gasteiger partial charge in [-0.15, -0.1) is 0 Å². The van der Waals surface area contributed by atoms with E-state index in [1.165, 1.54) is 32.3 Å². The van der Waals surface area contributed by atoms with Gasteiger partial charge in [-0.05, 0) is 116 Å². The van der Waals surface area contributed by atoms with Crippen molar-refractivity contribution in [2.24, 2.45) is 0 Å². The summed E-state index contributed by atoms with van der Waals surface area (Å²) in [5.41, 5.74) is 5.58. The Bertz CT molecular complexity index is 3270. The number of rotatable bonds is 2. The molecule has 0 aliphatic heterocycles. The third-order valence-corrected chi connectivity index (χ3v) is 10.8. The third kappa shape index (κ3) is 5.58. The summed E-state index contributed by atoms with van der Waals surface area (Å²) in [5, 5.41) is 34.6. The topological polar surface area (TPSA) is 92.5 Å². The normalized spacial score (nSPS) is 11.5. The van der Waals surface area contributed by atoms with Crippen LogP contribution >= 0.6 is 0 Å². The first kappa shape index (κ1) is 34.4. The van der Waals surface area contributed by atoms with Crippen molar-refractivity contribution in [2.75, 3.05) is 0 Å². The summed E-state index contributed by atoms with van der Waals surface area (Å²) in [6.07, 6.45) is 3.44. The minimum Gasteiger partial charge on any atom is -0.507 e. The Morgan fingerprint density at radius 1 is 0.351 bits per heavy atom. The predicted octanol–water partition coefficient (Wildman–Crippen LogP) is 13.3. The van der Waals surface area contributed by atoms with Crippen LogP contribution in [0.5, 0.6) is 11.5 Å². The number of hydrogen-bond donors (Lipinski definition) is 2. The van der Waals surface area contributed by atoms with E-state index in [-0.39, 0.29) is 31.0 Å². The fourth-order valence-electron chi connectivity index (χ4n) is 8.17. The van der Waals surface area contributed by atoms with Crippen molar-refractivity contribution in [3.8, 4) is 34.0 Å². The number of phenols is 2. The van der Waals surface area contributed by atoms with Crippen LogP contribution in [-0.4, -0.2) is 20.2 Å². The molecule has 6 nitrogen and oxygen atoms in total. The fraction of sp³-hybridized carbons (Fsp3) is 0. The van der Waals surface area contributed by atoms with Gasteiger partial charge in [0.2, 0.25) is 0 Å². The molecule has 0 saturated carbocycles. The van der Waals surface area contributed by atoms with Crippen molar-refractivity contribution < 1.29 is 38.5 Å². The van der Waals surface area contributed by atoms with Crippen molar-refractivity contribution in [3.05, 3.63) is 170 Å². The predicted molar refractivity (Wildman–Crippen MR) is 227 cm³/mol. The van der Waals surface area contributed by atoms with Crippen LogP contribution in [0.1, 0.15) is 0 Å². The molecule has 0 atom stereocenters. The van der Waals surface area contributed by atoms with E-state index in [2.05, 4.69) is 107 Å². The van der Waals surface area contributed by atoms with E-state index in [4.69, 9.17) is 8.83 Å². The molecule has 12 aromatic rings. The fourth-order valence-corrected chi connectivity index (χ4v) is 8.17. The Labute approximate surface area is 338 Å². The Morgan fingerprint density at radius 3 is 1.21 bits per heavy atom. The molecule has 0 spiro atoms. The molecule has 57 heavy (non-hydrogen) atoms. The van der Waals surface area contributed by atoms with Crippen molar-refractivity contribution >= 4 is 87.0 Å². The van der Waals surface area contributed by atoms with Crippen molar-refractivity contribution in [1.29, 1.82) is 0 Å². The molecule has 0 aliphatic rings. The summed E-state index contributed by atoms with van der Waals surface area (Å²) in [6.45, 7) is 0. The van der Waals surface area contributed by atoms with Gasteiger partial charge in [-0.3, -0.25) is 9.97 Å². The summed E-state index contributed by atoms with van der Waals surface area (Å²) < 4.78 is 12.5. The Balaban J connectivity index is 0.000000137. The summed E-state index contributed by atoms with van der Waals surface area (Å²) in [4.78, 5) is 8.81. The van der Waals surface area contributed by atoms with E-state index in [0.29, 0.717) is 33.7 Å². The monoisotopic (exact) mass is 786 g/mol. The standard InChI is InChI=1S/2C25H15NO2.Zn/c2*27-22-11-10-18-20-14-19-16(9-8-15-5-1-2-6-17(15)19)13-23(20)28-25(18)24(22)21-7-3-4-12-26-21;/h2*1-14,27H;. The molecule has 0 fully saturated rings. The summed E-state index contributed by atoms with van der Waals surface area (Å²) in [7, 11) is 0. The van der Waals surface area contributed by atoms with Gasteiger partial charge in [-0.2, -0.15) is 0 Å². The van der Waals surface area contributed by atoms with E-state index in [1.807, 2.05) is 48.5 Å². The van der Waals surface area contributed by atoms with Gasteiger partial charge in [0.1, 0.15) is 33.8 Å². The number of hydrogen-bond acceptors (Lipinski definition) is 6.